The molecule has 1 aromatic rings. The van der Waals surface area contributed by atoms with E-state index in [0.717, 1.165) is 43.4 Å². The SMILES string of the molecule is CC.CCCC(C)(CCC(C)C)C(=O)N/C(=C(\C)CC)c1cccc(C(F)(F)F)c1. The second kappa shape index (κ2) is 12.8. The first-order valence-electron chi connectivity index (χ1n) is 11.1. The molecule has 0 bridgehead atoms. The standard InChI is InChI=1S/C23H34F3NO.C2H6/c1-7-13-22(6,14-12-16(3)4)21(28)27-20(17(5)8-2)18-10-9-11-19(15-18)23(24,25)26;1-2/h9-11,15-16H,7-8,12-14H2,1-6H3,(H,27,28);1-2H3/b20-17+;. The molecule has 0 spiro atoms. The van der Waals surface area contributed by atoms with Crippen LogP contribution in [0, 0.1) is 11.3 Å². The van der Waals surface area contributed by atoms with Gasteiger partial charge in [-0.3, -0.25) is 4.79 Å². The van der Waals surface area contributed by atoms with E-state index < -0.39 is 17.2 Å². The number of allylic oxidation sites excluding steroid dienone is 1. The van der Waals surface area contributed by atoms with E-state index in [4.69, 9.17) is 0 Å². The molecular weight excluding hydrogens is 387 g/mol. The summed E-state index contributed by atoms with van der Waals surface area (Å²) in [6, 6.07) is 5.17. The van der Waals surface area contributed by atoms with Crippen molar-refractivity contribution in [1.29, 1.82) is 0 Å². The Morgan fingerprint density at radius 3 is 2.17 bits per heavy atom. The third kappa shape index (κ3) is 8.53. The highest BCUT2D eigenvalue weighted by molar-refractivity contribution is 5.91. The Bertz CT molecular complexity index is 692. The lowest BCUT2D eigenvalue weighted by Gasteiger charge is -2.30. The molecule has 0 fully saturated rings. The highest BCUT2D eigenvalue weighted by Crippen LogP contribution is 2.34. The first-order valence-corrected chi connectivity index (χ1v) is 11.1. The summed E-state index contributed by atoms with van der Waals surface area (Å²) in [5, 5.41) is 2.99. The Kier molecular flexibility index (Phi) is 12.1. The summed E-state index contributed by atoms with van der Waals surface area (Å²) >= 11 is 0. The van der Waals surface area contributed by atoms with Crippen molar-refractivity contribution in [1.82, 2.24) is 5.32 Å². The minimum atomic E-state index is -4.42. The molecule has 0 radical (unpaired) electrons. The Morgan fingerprint density at radius 1 is 1.10 bits per heavy atom. The number of carbonyl (C=O) groups excluding carboxylic acids is 1. The maximum absolute atomic E-state index is 13.2. The third-order valence-corrected chi connectivity index (χ3v) is 5.30. The average Bonchev–Trinajstić information content (AvgIpc) is 2.71. The molecule has 1 amide bonds. The van der Waals surface area contributed by atoms with Crippen LogP contribution in [-0.2, 0) is 11.0 Å². The fourth-order valence-electron chi connectivity index (χ4n) is 3.23. The van der Waals surface area contributed by atoms with Gasteiger partial charge in [0.25, 0.3) is 0 Å². The highest BCUT2D eigenvalue weighted by Gasteiger charge is 2.34. The van der Waals surface area contributed by atoms with Crippen molar-refractivity contribution >= 4 is 11.6 Å². The van der Waals surface area contributed by atoms with Crippen LogP contribution in [0.5, 0.6) is 0 Å². The fourth-order valence-corrected chi connectivity index (χ4v) is 3.23. The number of benzene rings is 1. The van der Waals surface area contributed by atoms with Crippen LogP contribution in [0.1, 0.15) is 98.6 Å². The summed E-state index contributed by atoms with van der Waals surface area (Å²) in [5.74, 6) is 0.370. The van der Waals surface area contributed by atoms with Crippen LogP contribution in [0.3, 0.4) is 0 Å². The maximum atomic E-state index is 13.2. The molecule has 0 aromatic heterocycles. The molecule has 1 aromatic carbocycles. The van der Waals surface area contributed by atoms with Crippen LogP contribution in [0.15, 0.2) is 29.8 Å². The van der Waals surface area contributed by atoms with Crippen LogP contribution in [0.4, 0.5) is 13.2 Å². The van der Waals surface area contributed by atoms with Gasteiger partial charge in [0.05, 0.1) is 5.56 Å². The number of amides is 1. The van der Waals surface area contributed by atoms with Gasteiger partial charge in [-0.2, -0.15) is 13.2 Å². The molecule has 172 valence electrons. The van der Waals surface area contributed by atoms with Gasteiger partial charge in [-0.1, -0.05) is 67.0 Å². The van der Waals surface area contributed by atoms with Crippen LogP contribution in [0.2, 0.25) is 0 Å². The quantitative estimate of drug-likeness (QED) is 0.422. The molecular formula is C25H40F3NO. The van der Waals surface area contributed by atoms with Crippen molar-refractivity contribution in [2.24, 2.45) is 11.3 Å². The molecule has 1 atom stereocenters. The number of alkyl halides is 3. The summed E-state index contributed by atoms with van der Waals surface area (Å²) in [6.07, 6.45) is -0.476. The van der Waals surface area contributed by atoms with Crippen molar-refractivity contribution in [2.45, 2.75) is 93.7 Å². The van der Waals surface area contributed by atoms with E-state index >= 15 is 0 Å². The molecule has 0 saturated carbocycles. The van der Waals surface area contributed by atoms with E-state index in [-0.39, 0.29) is 5.91 Å². The molecule has 1 rings (SSSR count). The Balaban J connectivity index is 0.00000407. The molecule has 1 N–H and O–H groups in total. The zero-order valence-electron chi connectivity index (χ0n) is 20.0. The largest absolute Gasteiger partial charge is 0.416 e. The van der Waals surface area contributed by atoms with Gasteiger partial charge < -0.3 is 5.32 Å². The average molecular weight is 428 g/mol. The molecule has 0 heterocycles. The van der Waals surface area contributed by atoms with Crippen LogP contribution in [-0.4, -0.2) is 5.91 Å². The second-order valence-corrected chi connectivity index (χ2v) is 8.28. The van der Waals surface area contributed by atoms with E-state index in [9.17, 15) is 18.0 Å². The van der Waals surface area contributed by atoms with Crippen molar-refractivity contribution < 1.29 is 18.0 Å². The number of halogens is 3. The van der Waals surface area contributed by atoms with E-state index in [1.54, 1.807) is 6.07 Å². The topological polar surface area (TPSA) is 29.1 Å². The maximum Gasteiger partial charge on any atom is 0.416 e. The summed E-state index contributed by atoms with van der Waals surface area (Å²) < 4.78 is 39.4. The second-order valence-electron chi connectivity index (χ2n) is 8.28. The zero-order valence-corrected chi connectivity index (χ0v) is 20.0. The number of carbonyl (C=O) groups is 1. The van der Waals surface area contributed by atoms with E-state index in [1.165, 1.54) is 6.07 Å². The molecule has 2 nitrogen and oxygen atoms in total. The summed E-state index contributed by atoms with van der Waals surface area (Å²) in [4.78, 5) is 13.2. The van der Waals surface area contributed by atoms with Gasteiger partial charge in [-0.15, -0.1) is 0 Å². The van der Waals surface area contributed by atoms with Crippen molar-refractivity contribution in [3.63, 3.8) is 0 Å². The monoisotopic (exact) mass is 427 g/mol. The van der Waals surface area contributed by atoms with Gasteiger partial charge in [0.15, 0.2) is 0 Å². The first kappa shape index (κ1) is 28.2. The number of rotatable bonds is 9. The van der Waals surface area contributed by atoms with Crippen molar-refractivity contribution in [3.05, 3.63) is 41.0 Å². The fraction of sp³-hybridized carbons (Fsp3) is 0.640. The summed E-state index contributed by atoms with van der Waals surface area (Å²) in [6.45, 7) is 16.0. The van der Waals surface area contributed by atoms with Crippen LogP contribution >= 0.6 is 0 Å². The van der Waals surface area contributed by atoms with E-state index in [2.05, 4.69) is 19.2 Å². The number of nitrogens with one attached hydrogen (secondary N) is 1. The molecule has 0 saturated heterocycles. The van der Waals surface area contributed by atoms with Gasteiger partial charge in [0.2, 0.25) is 5.91 Å². The zero-order chi connectivity index (χ0) is 23.5. The Labute approximate surface area is 181 Å². The van der Waals surface area contributed by atoms with Crippen LogP contribution < -0.4 is 5.32 Å². The molecule has 30 heavy (non-hydrogen) atoms. The van der Waals surface area contributed by atoms with Crippen molar-refractivity contribution in [2.75, 3.05) is 0 Å². The lowest BCUT2D eigenvalue weighted by molar-refractivity contribution is -0.137. The van der Waals surface area contributed by atoms with E-state index in [0.29, 0.717) is 23.6 Å². The smallest absolute Gasteiger partial charge is 0.325 e. The predicted molar refractivity (Wildman–Crippen MR) is 121 cm³/mol. The third-order valence-electron chi connectivity index (χ3n) is 5.30. The minimum Gasteiger partial charge on any atom is -0.325 e. The van der Waals surface area contributed by atoms with Gasteiger partial charge in [-0.25, -0.2) is 0 Å². The lowest BCUT2D eigenvalue weighted by Crippen LogP contribution is -2.38. The highest BCUT2D eigenvalue weighted by atomic mass is 19.4. The molecule has 0 aliphatic heterocycles. The van der Waals surface area contributed by atoms with E-state index in [1.807, 2.05) is 41.5 Å². The lowest BCUT2D eigenvalue weighted by atomic mass is 9.78. The predicted octanol–water partition coefficient (Wildman–Crippen LogP) is 8.23. The number of hydrogen-bond acceptors (Lipinski definition) is 1. The molecule has 0 aliphatic rings. The summed E-state index contributed by atoms with van der Waals surface area (Å²) in [7, 11) is 0. The molecule has 1 unspecified atom stereocenters. The van der Waals surface area contributed by atoms with Crippen molar-refractivity contribution in [3.8, 4) is 0 Å². The first-order chi connectivity index (χ1) is 13.9. The Morgan fingerprint density at radius 2 is 1.70 bits per heavy atom. The van der Waals surface area contributed by atoms with Gasteiger partial charge in [0, 0.05) is 11.1 Å². The van der Waals surface area contributed by atoms with Gasteiger partial charge in [-0.05, 0) is 61.8 Å². The Hall–Kier alpha value is -1.78. The molecule has 0 aliphatic carbocycles. The van der Waals surface area contributed by atoms with Gasteiger partial charge in [0.1, 0.15) is 0 Å². The normalized spacial score (nSPS) is 14.4. The number of hydrogen-bond donors (Lipinski definition) is 1. The van der Waals surface area contributed by atoms with Gasteiger partial charge >= 0.3 is 6.18 Å². The molecule has 5 heteroatoms. The summed E-state index contributed by atoms with van der Waals surface area (Å²) in [5.41, 5.74) is 0.489. The van der Waals surface area contributed by atoms with Crippen LogP contribution in [0.25, 0.3) is 5.70 Å². The minimum absolute atomic E-state index is 0.116.